The summed E-state index contributed by atoms with van der Waals surface area (Å²) in [7, 11) is -13.9. The SMILES string of the molecule is COC(C(C)[C@H](O)COP(=O)(OC)OP(=O)(O)OP(=O)(O)O)n1cc2c3c(ncnc31)NC(=O)c1sccc1-2. The van der Waals surface area contributed by atoms with Crippen molar-refractivity contribution >= 4 is 57.6 Å². The van der Waals surface area contributed by atoms with Crippen LogP contribution in [0.4, 0.5) is 5.82 Å². The molecular weight excluding hydrogens is 605 g/mol. The quantitative estimate of drug-likeness (QED) is 0.181. The summed E-state index contributed by atoms with van der Waals surface area (Å²) < 4.78 is 59.7. The first-order valence-electron chi connectivity index (χ1n) is 10.8. The number of thiophene rings is 1. The van der Waals surface area contributed by atoms with Crippen molar-refractivity contribution in [2.24, 2.45) is 5.92 Å². The van der Waals surface area contributed by atoms with Crippen LogP contribution in [-0.2, 0) is 36.1 Å². The number of carbonyl (C=O) groups is 1. The number of ether oxygens (including phenoxy) is 1. The van der Waals surface area contributed by atoms with Gasteiger partial charge in [0.25, 0.3) is 5.91 Å². The summed E-state index contributed by atoms with van der Waals surface area (Å²) >= 11 is 1.26. The number of aliphatic hydroxyl groups is 1. The number of hydrogen-bond acceptors (Lipinski definition) is 13. The number of fused-ring (bicyclic) bond motifs is 2. The molecule has 1 amide bonds. The molecule has 0 aromatic carbocycles. The summed E-state index contributed by atoms with van der Waals surface area (Å²) in [6, 6.07) is 1.78. The van der Waals surface area contributed by atoms with Crippen LogP contribution in [0.2, 0.25) is 0 Å². The number of rotatable bonds is 12. The number of hydrogen-bond donors (Lipinski definition) is 5. The van der Waals surface area contributed by atoms with Crippen LogP contribution in [0, 0.1) is 5.92 Å². The number of carbonyl (C=O) groups excluding carboxylic acids is 1. The van der Waals surface area contributed by atoms with Crippen molar-refractivity contribution in [1.29, 1.82) is 0 Å². The molecule has 5 N–H and O–H groups in total. The lowest BCUT2D eigenvalue weighted by molar-refractivity contribution is -0.0609. The zero-order chi connectivity index (χ0) is 28.8. The zero-order valence-electron chi connectivity index (χ0n) is 20.3. The largest absolute Gasteiger partial charge is 0.490 e. The molecule has 3 aromatic heterocycles. The highest BCUT2D eigenvalue weighted by atomic mass is 32.1. The molecule has 4 rings (SSSR count). The Bertz CT molecular complexity index is 1540. The number of aliphatic hydroxyl groups excluding tert-OH is 1. The maximum atomic E-state index is 12.6. The Labute approximate surface area is 224 Å². The first-order valence-corrected chi connectivity index (χ1v) is 16.1. The van der Waals surface area contributed by atoms with Gasteiger partial charge in [-0.1, -0.05) is 6.92 Å². The molecule has 0 spiro atoms. The van der Waals surface area contributed by atoms with Crippen molar-refractivity contribution in [3.63, 3.8) is 0 Å². The van der Waals surface area contributed by atoms with Gasteiger partial charge >= 0.3 is 23.5 Å². The summed E-state index contributed by atoms with van der Waals surface area (Å²) in [6.07, 6.45) is 0.574. The van der Waals surface area contributed by atoms with Gasteiger partial charge in [-0.15, -0.1) is 11.3 Å². The summed E-state index contributed by atoms with van der Waals surface area (Å²) in [5.74, 6) is -0.845. The number of aromatic nitrogens is 3. The van der Waals surface area contributed by atoms with E-state index < -0.39 is 48.3 Å². The van der Waals surface area contributed by atoms with Crippen molar-refractivity contribution in [2.75, 3.05) is 26.1 Å². The molecule has 39 heavy (non-hydrogen) atoms. The Morgan fingerprint density at radius 2 is 1.85 bits per heavy atom. The van der Waals surface area contributed by atoms with Gasteiger partial charge in [-0.2, -0.15) is 8.62 Å². The number of phosphoric acid groups is 3. The Kier molecular flexibility index (Phi) is 8.63. The fraction of sp³-hybridized carbons (Fsp3) is 0.389. The lowest BCUT2D eigenvalue weighted by Crippen LogP contribution is -2.32. The van der Waals surface area contributed by atoms with E-state index in [4.69, 9.17) is 19.0 Å². The molecule has 214 valence electrons. The Morgan fingerprint density at radius 3 is 2.49 bits per heavy atom. The van der Waals surface area contributed by atoms with E-state index in [9.17, 15) is 28.5 Å². The molecule has 1 aliphatic rings. The van der Waals surface area contributed by atoms with Gasteiger partial charge in [0, 0.05) is 37.5 Å². The lowest BCUT2D eigenvalue weighted by atomic mass is 10.0. The average molecular weight is 628 g/mol. The van der Waals surface area contributed by atoms with Crippen LogP contribution in [0.25, 0.3) is 22.2 Å². The molecule has 5 atom stereocenters. The summed E-state index contributed by atoms with van der Waals surface area (Å²) in [5, 5.41) is 15.9. The van der Waals surface area contributed by atoms with E-state index in [2.05, 4.69) is 28.4 Å². The lowest BCUT2D eigenvalue weighted by Gasteiger charge is -2.29. The number of nitrogens with zero attached hydrogens (tertiary/aromatic N) is 3. The summed E-state index contributed by atoms with van der Waals surface area (Å²) in [5.41, 5.74) is 1.68. The smallest absolute Gasteiger partial charge is 0.390 e. The Morgan fingerprint density at radius 1 is 1.13 bits per heavy atom. The van der Waals surface area contributed by atoms with Crippen LogP contribution in [0.15, 0.2) is 24.0 Å². The van der Waals surface area contributed by atoms with Crippen LogP contribution in [0.5, 0.6) is 0 Å². The summed E-state index contributed by atoms with van der Waals surface area (Å²) in [6.45, 7) is 0.769. The molecule has 0 fully saturated rings. The van der Waals surface area contributed by atoms with Crippen LogP contribution in [0.3, 0.4) is 0 Å². The molecule has 4 heterocycles. The van der Waals surface area contributed by atoms with E-state index in [1.165, 1.54) is 24.8 Å². The number of anilines is 1. The molecule has 1 aliphatic heterocycles. The fourth-order valence-electron chi connectivity index (χ4n) is 3.92. The van der Waals surface area contributed by atoms with Crippen molar-refractivity contribution in [2.45, 2.75) is 19.3 Å². The van der Waals surface area contributed by atoms with Crippen molar-refractivity contribution in [1.82, 2.24) is 14.5 Å². The topological polar surface area (TPSA) is 238 Å². The minimum absolute atomic E-state index is 0.290. The third-order valence-electron chi connectivity index (χ3n) is 5.62. The monoisotopic (exact) mass is 628 g/mol. The van der Waals surface area contributed by atoms with Crippen LogP contribution < -0.4 is 5.32 Å². The van der Waals surface area contributed by atoms with Gasteiger partial charge in [-0.3, -0.25) is 13.8 Å². The second-order valence-electron chi connectivity index (χ2n) is 8.09. The Hall–Kier alpha value is -1.88. The highest BCUT2D eigenvalue weighted by Gasteiger charge is 2.43. The minimum Gasteiger partial charge on any atom is -0.390 e. The minimum atomic E-state index is -5.59. The molecular formula is C18H23N4O13P3S. The molecule has 17 nitrogen and oxygen atoms in total. The van der Waals surface area contributed by atoms with Gasteiger partial charge in [0.15, 0.2) is 0 Å². The Balaban J connectivity index is 1.58. The maximum absolute atomic E-state index is 12.6. The van der Waals surface area contributed by atoms with E-state index in [1.54, 1.807) is 29.1 Å². The van der Waals surface area contributed by atoms with Gasteiger partial charge < -0.3 is 34.4 Å². The standard InChI is InChI=1S/C18H23N4O13P3S/c1-9(12(23)7-33-38(30,32-3)35-37(28,29)34-36(25,26)27)18(31-2)22-6-11-10-4-5-39-14(10)17(24)21-15-13(11)16(22)20-8-19-15/h4-6,8-9,12,18,23H,7H2,1-3H3,(H,28,29)(H2,25,26,27)(H,19,20,21,24)/t9?,12-,18?,38?/m1/s1. The molecule has 0 bridgehead atoms. The molecule has 3 aromatic rings. The fourth-order valence-corrected chi connectivity index (χ4v) is 8.09. The molecule has 0 aliphatic carbocycles. The van der Waals surface area contributed by atoms with E-state index >= 15 is 0 Å². The predicted octanol–water partition coefficient (Wildman–Crippen LogP) is 2.86. The van der Waals surface area contributed by atoms with Crippen LogP contribution in [0.1, 0.15) is 22.8 Å². The van der Waals surface area contributed by atoms with E-state index in [0.717, 1.165) is 7.11 Å². The zero-order valence-corrected chi connectivity index (χ0v) is 23.8. The average Bonchev–Trinajstić information content (AvgIpc) is 3.44. The van der Waals surface area contributed by atoms with Gasteiger partial charge in [0.1, 0.15) is 28.9 Å². The van der Waals surface area contributed by atoms with Crippen molar-refractivity contribution in [3.8, 4) is 11.1 Å². The molecule has 0 saturated heterocycles. The summed E-state index contributed by atoms with van der Waals surface area (Å²) in [4.78, 5) is 48.5. The van der Waals surface area contributed by atoms with Gasteiger partial charge in [-0.25, -0.2) is 23.7 Å². The normalized spacial score (nSPS) is 18.9. The number of methoxy groups -OCH3 is 1. The third-order valence-corrected chi connectivity index (χ3v) is 10.7. The van der Waals surface area contributed by atoms with Crippen molar-refractivity contribution in [3.05, 3.63) is 28.8 Å². The van der Waals surface area contributed by atoms with E-state index in [-0.39, 0.29) is 11.7 Å². The predicted molar refractivity (Wildman–Crippen MR) is 135 cm³/mol. The van der Waals surface area contributed by atoms with E-state index in [0.29, 0.717) is 27.0 Å². The van der Waals surface area contributed by atoms with Crippen LogP contribution in [-0.4, -0.2) is 67.2 Å². The first-order chi connectivity index (χ1) is 18.2. The molecule has 21 heteroatoms. The maximum Gasteiger partial charge on any atom is 0.490 e. The number of nitrogens with one attached hydrogen (secondary N) is 1. The highest BCUT2D eigenvalue weighted by Crippen LogP contribution is 2.68. The van der Waals surface area contributed by atoms with Gasteiger partial charge in [0.2, 0.25) is 0 Å². The second-order valence-corrected chi connectivity index (χ2v) is 13.7. The van der Waals surface area contributed by atoms with Gasteiger partial charge in [0.05, 0.1) is 18.1 Å². The van der Waals surface area contributed by atoms with E-state index in [1.807, 2.05) is 0 Å². The third kappa shape index (κ3) is 6.39. The number of amides is 1. The molecule has 0 radical (unpaired) electrons. The molecule has 4 unspecified atom stereocenters. The van der Waals surface area contributed by atoms with Crippen LogP contribution >= 0.6 is 34.8 Å². The van der Waals surface area contributed by atoms with Gasteiger partial charge in [-0.05, 0) is 11.4 Å². The highest BCUT2D eigenvalue weighted by molar-refractivity contribution is 7.66. The second kappa shape index (κ2) is 11.2. The van der Waals surface area contributed by atoms with Crippen molar-refractivity contribution < 1.29 is 60.7 Å². The first kappa shape index (κ1) is 30.1. The number of phosphoric ester groups is 1. The molecule has 0 saturated carbocycles.